The minimum atomic E-state index is 0.505. The Labute approximate surface area is 116 Å². The van der Waals surface area contributed by atoms with Crippen LogP contribution >= 0.6 is 0 Å². The van der Waals surface area contributed by atoms with Crippen LogP contribution in [0.3, 0.4) is 0 Å². The lowest BCUT2D eigenvalue weighted by Gasteiger charge is -2.39. The first-order chi connectivity index (χ1) is 9.15. The summed E-state index contributed by atoms with van der Waals surface area (Å²) in [5.41, 5.74) is 5.67. The van der Waals surface area contributed by atoms with E-state index < -0.39 is 0 Å². The maximum atomic E-state index is 3.75. The summed E-state index contributed by atoms with van der Waals surface area (Å²) in [6.45, 7) is 9.29. The van der Waals surface area contributed by atoms with Crippen molar-refractivity contribution in [1.29, 1.82) is 0 Å². The Morgan fingerprint density at radius 2 is 2.11 bits per heavy atom. The molecular formula is C18H23N. The van der Waals surface area contributed by atoms with E-state index >= 15 is 0 Å². The molecule has 1 aliphatic rings. The second kappa shape index (κ2) is 5.92. The predicted molar refractivity (Wildman–Crippen MR) is 83.8 cm³/mol. The van der Waals surface area contributed by atoms with E-state index in [1.807, 2.05) is 6.08 Å². The van der Waals surface area contributed by atoms with E-state index in [9.17, 15) is 0 Å². The van der Waals surface area contributed by atoms with Gasteiger partial charge in [0.1, 0.15) is 0 Å². The first-order valence-electron chi connectivity index (χ1n) is 6.93. The molecule has 1 aromatic carbocycles. The number of benzene rings is 1. The van der Waals surface area contributed by atoms with Gasteiger partial charge >= 0.3 is 0 Å². The molecule has 1 heteroatoms. The van der Waals surface area contributed by atoms with E-state index in [0.29, 0.717) is 5.92 Å². The van der Waals surface area contributed by atoms with Crippen molar-refractivity contribution in [2.75, 3.05) is 13.6 Å². The quantitative estimate of drug-likeness (QED) is 0.702. The molecule has 0 amide bonds. The molecule has 0 N–H and O–H groups in total. The van der Waals surface area contributed by atoms with Gasteiger partial charge in [0.25, 0.3) is 0 Å². The van der Waals surface area contributed by atoms with Crippen LogP contribution in [0.2, 0.25) is 0 Å². The lowest BCUT2D eigenvalue weighted by atomic mass is 9.87. The highest BCUT2D eigenvalue weighted by Crippen LogP contribution is 2.37. The molecule has 1 atom stereocenters. The summed E-state index contributed by atoms with van der Waals surface area (Å²) in [4.78, 5) is 2.34. The fourth-order valence-electron chi connectivity index (χ4n) is 2.64. The Hall–Kier alpha value is -1.76. The average Bonchev–Trinajstić information content (AvgIpc) is 2.38. The van der Waals surface area contributed by atoms with Crippen molar-refractivity contribution in [3.8, 4) is 0 Å². The van der Waals surface area contributed by atoms with Gasteiger partial charge in [-0.2, -0.15) is 0 Å². The zero-order valence-corrected chi connectivity index (χ0v) is 12.2. The molecule has 1 aromatic rings. The summed E-state index contributed by atoms with van der Waals surface area (Å²) in [5, 5.41) is 0. The molecule has 1 unspecified atom stereocenters. The first kappa shape index (κ1) is 13.7. The number of likely N-dealkylation sites (N-methyl/N-ethyl adjacent to an activating group) is 1. The van der Waals surface area contributed by atoms with E-state index in [1.54, 1.807) is 0 Å². The molecule has 0 fully saturated rings. The van der Waals surface area contributed by atoms with Crippen LogP contribution in [0, 0.1) is 12.8 Å². The van der Waals surface area contributed by atoms with Crippen LogP contribution in [-0.2, 0) is 0 Å². The number of hydrogen-bond acceptors (Lipinski definition) is 1. The molecule has 0 bridgehead atoms. The van der Waals surface area contributed by atoms with Crippen LogP contribution in [-0.4, -0.2) is 18.5 Å². The average molecular weight is 253 g/mol. The number of nitrogens with zero attached hydrogens (tertiary/aromatic N) is 1. The van der Waals surface area contributed by atoms with Gasteiger partial charge in [-0.05, 0) is 30.4 Å². The third-order valence-corrected chi connectivity index (χ3v) is 3.77. The van der Waals surface area contributed by atoms with Gasteiger partial charge in [-0.15, -0.1) is 6.58 Å². The fourth-order valence-corrected chi connectivity index (χ4v) is 2.64. The van der Waals surface area contributed by atoms with Crippen LogP contribution in [0.15, 0.2) is 54.6 Å². The maximum Gasteiger partial charge on any atom is 0.0458 e. The Morgan fingerprint density at radius 3 is 2.74 bits per heavy atom. The van der Waals surface area contributed by atoms with Gasteiger partial charge < -0.3 is 4.90 Å². The van der Waals surface area contributed by atoms with Crippen molar-refractivity contribution >= 4 is 5.70 Å². The standard InChI is InChI=1S/C18H23N/c1-5-6-7-10-15(3)17-13-19(4)18(17)16-12-9-8-11-14(16)2/h5,7-12,15H,1,6,13H2,2-4H3/b10-7-. The molecule has 0 saturated heterocycles. The molecule has 0 aromatic heterocycles. The van der Waals surface area contributed by atoms with Crippen LogP contribution in [0.4, 0.5) is 0 Å². The van der Waals surface area contributed by atoms with E-state index in [0.717, 1.165) is 13.0 Å². The lowest BCUT2D eigenvalue weighted by molar-refractivity contribution is 0.440. The van der Waals surface area contributed by atoms with Crippen molar-refractivity contribution in [3.05, 3.63) is 65.8 Å². The molecule has 0 spiro atoms. The molecule has 1 aliphatic heterocycles. The minimum absolute atomic E-state index is 0.505. The third-order valence-electron chi connectivity index (χ3n) is 3.77. The van der Waals surface area contributed by atoms with Crippen molar-refractivity contribution < 1.29 is 0 Å². The van der Waals surface area contributed by atoms with E-state index in [1.165, 1.54) is 22.4 Å². The molecular weight excluding hydrogens is 230 g/mol. The Morgan fingerprint density at radius 1 is 1.37 bits per heavy atom. The summed E-state index contributed by atoms with van der Waals surface area (Å²) in [6.07, 6.45) is 7.39. The van der Waals surface area contributed by atoms with E-state index in [4.69, 9.17) is 0 Å². The van der Waals surface area contributed by atoms with E-state index in [2.05, 4.69) is 68.8 Å². The zero-order valence-electron chi connectivity index (χ0n) is 12.2. The number of rotatable bonds is 5. The Kier molecular flexibility index (Phi) is 4.26. The van der Waals surface area contributed by atoms with Gasteiger partial charge in [0, 0.05) is 24.9 Å². The zero-order chi connectivity index (χ0) is 13.8. The third kappa shape index (κ3) is 2.81. The van der Waals surface area contributed by atoms with Crippen LogP contribution < -0.4 is 0 Å². The summed E-state index contributed by atoms with van der Waals surface area (Å²) >= 11 is 0. The summed E-state index contributed by atoms with van der Waals surface area (Å²) in [5.74, 6) is 0.505. The molecule has 0 saturated carbocycles. The Bertz CT molecular complexity index is 522. The number of hydrogen-bond donors (Lipinski definition) is 0. The van der Waals surface area contributed by atoms with Crippen molar-refractivity contribution in [2.24, 2.45) is 5.92 Å². The highest BCUT2D eigenvalue weighted by Gasteiger charge is 2.27. The van der Waals surface area contributed by atoms with Gasteiger partial charge in [-0.1, -0.05) is 49.4 Å². The van der Waals surface area contributed by atoms with Crippen LogP contribution in [0.25, 0.3) is 5.70 Å². The Balaban J connectivity index is 2.29. The second-order valence-corrected chi connectivity index (χ2v) is 5.29. The molecule has 1 nitrogen and oxygen atoms in total. The highest BCUT2D eigenvalue weighted by atomic mass is 15.2. The minimum Gasteiger partial charge on any atom is -0.370 e. The highest BCUT2D eigenvalue weighted by molar-refractivity contribution is 5.75. The van der Waals surface area contributed by atoms with Crippen molar-refractivity contribution in [3.63, 3.8) is 0 Å². The SMILES string of the molecule is C=CC/C=C\C(C)C1=C(c2ccccc2C)N(C)C1. The number of allylic oxidation sites excluding steroid dienone is 3. The molecule has 0 aliphatic carbocycles. The summed E-state index contributed by atoms with van der Waals surface area (Å²) in [7, 11) is 2.17. The number of aryl methyl sites for hydroxylation is 1. The van der Waals surface area contributed by atoms with E-state index in [-0.39, 0.29) is 0 Å². The van der Waals surface area contributed by atoms with Gasteiger partial charge in [0.2, 0.25) is 0 Å². The second-order valence-electron chi connectivity index (χ2n) is 5.29. The van der Waals surface area contributed by atoms with Crippen LogP contribution in [0.5, 0.6) is 0 Å². The smallest absolute Gasteiger partial charge is 0.0458 e. The summed E-state index contributed by atoms with van der Waals surface area (Å²) in [6, 6.07) is 8.63. The molecule has 0 radical (unpaired) electrons. The van der Waals surface area contributed by atoms with Crippen molar-refractivity contribution in [2.45, 2.75) is 20.3 Å². The molecule has 100 valence electrons. The molecule has 1 heterocycles. The first-order valence-corrected chi connectivity index (χ1v) is 6.93. The summed E-state index contributed by atoms with van der Waals surface area (Å²) < 4.78 is 0. The van der Waals surface area contributed by atoms with Crippen LogP contribution in [0.1, 0.15) is 24.5 Å². The van der Waals surface area contributed by atoms with Gasteiger partial charge in [-0.25, -0.2) is 0 Å². The monoisotopic (exact) mass is 253 g/mol. The molecule has 19 heavy (non-hydrogen) atoms. The van der Waals surface area contributed by atoms with Gasteiger partial charge in [0.05, 0.1) is 0 Å². The maximum absolute atomic E-state index is 3.75. The van der Waals surface area contributed by atoms with Crippen molar-refractivity contribution in [1.82, 2.24) is 4.90 Å². The molecule has 2 rings (SSSR count). The normalized spacial score (nSPS) is 16.7. The largest absolute Gasteiger partial charge is 0.370 e. The lowest BCUT2D eigenvalue weighted by Crippen LogP contribution is -2.34. The fraction of sp³-hybridized carbons (Fsp3) is 0.333. The van der Waals surface area contributed by atoms with Gasteiger partial charge in [-0.3, -0.25) is 0 Å². The topological polar surface area (TPSA) is 3.24 Å². The van der Waals surface area contributed by atoms with Gasteiger partial charge in [0.15, 0.2) is 0 Å². The predicted octanol–water partition coefficient (Wildman–Crippen LogP) is 4.42.